The summed E-state index contributed by atoms with van der Waals surface area (Å²) >= 11 is 0. The van der Waals surface area contributed by atoms with E-state index in [-0.39, 0.29) is 24.7 Å². The van der Waals surface area contributed by atoms with Gasteiger partial charge in [0.05, 0.1) is 12.1 Å². The van der Waals surface area contributed by atoms with Crippen molar-refractivity contribution in [2.75, 3.05) is 6.61 Å². The quantitative estimate of drug-likeness (QED) is 0.595. The smallest absolute Gasteiger partial charge is 0.331 e. The van der Waals surface area contributed by atoms with Gasteiger partial charge in [0.25, 0.3) is 0 Å². The molecule has 6 nitrogen and oxygen atoms in total. The van der Waals surface area contributed by atoms with E-state index in [0.717, 1.165) is 12.2 Å². The van der Waals surface area contributed by atoms with Gasteiger partial charge in [-0.25, -0.2) is 9.59 Å². The molecule has 0 rings (SSSR count). The van der Waals surface area contributed by atoms with E-state index in [2.05, 4.69) is 5.32 Å². The van der Waals surface area contributed by atoms with E-state index in [1.165, 1.54) is 0 Å². The van der Waals surface area contributed by atoms with Crippen LogP contribution in [-0.2, 0) is 23.9 Å². The summed E-state index contributed by atoms with van der Waals surface area (Å²) in [6.07, 6.45) is 1.77. The normalized spacial score (nSPS) is 13.1. The van der Waals surface area contributed by atoms with Crippen LogP contribution in [0.25, 0.3) is 0 Å². The fourth-order valence-electron chi connectivity index (χ4n) is 1.14. The third kappa shape index (κ3) is 9.65. The van der Waals surface area contributed by atoms with E-state index in [0.29, 0.717) is 0 Å². The molecule has 0 saturated heterocycles. The fraction of sp³-hybridized carbons (Fsp3) is 0.667. The molecule has 1 N–H and O–H groups in total. The van der Waals surface area contributed by atoms with Gasteiger partial charge in [0.15, 0.2) is 0 Å². The van der Waals surface area contributed by atoms with Crippen molar-refractivity contribution in [3.05, 3.63) is 12.2 Å². The topological polar surface area (TPSA) is 81.7 Å². The Balaban J connectivity index is 4.11. The molecule has 21 heavy (non-hydrogen) atoms. The monoisotopic (exact) mass is 299 g/mol. The molecule has 0 aromatic heterocycles. The van der Waals surface area contributed by atoms with Gasteiger partial charge in [-0.2, -0.15) is 0 Å². The standard InChI is InChI=1S/C15H25NO5/c1-10(2)21-13(18)8-7-12(17)20-9-11(3)16-14(19)15(4,5)6/h7-8,10-11H,9H2,1-6H3,(H,16,19)/b8-7+. The van der Waals surface area contributed by atoms with Gasteiger partial charge in [0.2, 0.25) is 5.91 Å². The van der Waals surface area contributed by atoms with E-state index in [4.69, 9.17) is 9.47 Å². The number of nitrogens with one attached hydrogen (secondary N) is 1. The number of esters is 2. The van der Waals surface area contributed by atoms with Crippen LogP contribution < -0.4 is 5.32 Å². The van der Waals surface area contributed by atoms with Crippen molar-refractivity contribution in [2.24, 2.45) is 5.41 Å². The molecule has 0 saturated carbocycles. The SMILES string of the molecule is CC(COC(=O)/C=C/C(=O)OC(C)C)NC(=O)C(C)(C)C. The van der Waals surface area contributed by atoms with Crippen molar-refractivity contribution >= 4 is 17.8 Å². The molecule has 0 aromatic carbocycles. The summed E-state index contributed by atoms with van der Waals surface area (Å²) in [5, 5.41) is 2.73. The second-order valence-corrected chi connectivity index (χ2v) is 6.07. The maximum Gasteiger partial charge on any atom is 0.331 e. The number of rotatable bonds is 6. The van der Waals surface area contributed by atoms with Crippen LogP contribution in [0.4, 0.5) is 0 Å². The van der Waals surface area contributed by atoms with Gasteiger partial charge in [0.1, 0.15) is 6.61 Å². The van der Waals surface area contributed by atoms with Crippen LogP contribution in [0.2, 0.25) is 0 Å². The second kappa shape index (κ2) is 8.44. The number of hydrogen-bond donors (Lipinski definition) is 1. The van der Waals surface area contributed by atoms with Crippen molar-refractivity contribution in [3.63, 3.8) is 0 Å². The third-order valence-electron chi connectivity index (χ3n) is 2.24. The molecular weight excluding hydrogens is 274 g/mol. The molecular formula is C15H25NO5. The summed E-state index contributed by atoms with van der Waals surface area (Å²) in [4.78, 5) is 34.3. The summed E-state index contributed by atoms with van der Waals surface area (Å²) in [5.41, 5.74) is -0.501. The summed E-state index contributed by atoms with van der Waals surface area (Å²) in [6.45, 7) is 10.6. The van der Waals surface area contributed by atoms with Crippen LogP contribution in [0.15, 0.2) is 12.2 Å². The van der Waals surface area contributed by atoms with Gasteiger partial charge in [-0.1, -0.05) is 20.8 Å². The highest BCUT2D eigenvalue weighted by Gasteiger charge is 2.22. The van der Waals surface area contributed by atoms with Crippen LogP contribution in [0.1, 0.15) is 41.5 Å². The van der Waals surface area contributed by atoms with E-state index in [1.807, 2.05) is 0 Å². The highest BCUT2D eigenvalue weighted by Crippen LogP contribution is 2.12. The van der Waals surface area contributed by atoms with Crippen molar-refractivity contribution in [1.29, 1.82) is 0 Å². The van der Waals surface area contributed by atoms with Crippen molar-refractivity contribution in [2.45, 2.75) is 53.7 Å². The first-order valence-corrected chi connectivity index (χ1v) is 6.88. The molecule has 1 atom stereocenters. The highest BCUT2D eigenvalue weighted by molar-refractivity contribution is 5.91. The molecule has 0 aliphatic carbocycles. The van der Waals surface area contributed by atoms with Crippen LogP contribution in [-0.4, -0.2) is 36.6 Å². The molecule has 0 fully saturated rings. The Kier molecular flexibility index (Phi) is 7.70. The van der Waals surface area contributed by atoms with Gasteiger partial charge in [-0.15, -0.1) is 0 Å². The predicted molar refractivity (Wildman–Crippen MR) is 78.4 cm³/mol. The lowest BCUT2D eigenvalue weighted by molar-refractivity contribution is -0.143. The largest absolute Gasteiger partial charge is 0.460 e. The van der Waals surface area contributed by atoms with Gasteiger partial charge >= 0.3 is 11.9 Å². The average Bonchev–Trinajstić information content (AvgIpc) is 2.31. The first kappa shape index (κ1) is 19.1. The molecule has 0 heterocycles. The minimum absolute atomic E-state index is 0.0320. The predicted octanol–water partition coefficient (Wildman–Crippen LogP) is 1.59. The van der Waals surface area contributed by atoms with Gasteiger partial charge in [0, 0.05) is 17.6 Å². The number of hydrogen-bond acceptors (Lipinski definition) is 5. The highest BCUT2D eigenvalue weighted by atomic mass is 16.5. The van der Waals surface area contributed by atoms with Crippen LogP contribution >= 0.6 is 0 Å². The molecule has 0 aliphatic heterocycles. The Hall–Kier alpha value is -1.85. The molecule has 6 heteroatoms. The van der Waals surface area contributed by atoms with E-state index in [9.17, 15) is 14.4 Å². The molecule has 0 bridgehead atoms. The van der Waals surface area contributed by atoms with Crippen LogP contribution in [0.5, 0.6) is 0 Å². The first-order chi connectivity index (χ1) is 9.52. The van der Waals surface area contributed by atoms with Gasteiger partial charge < -0.3 is 14.8 Å². The van der Waals surface area contributed by atoms with Crippen LogP contribution in [0, 0.1) is 5.41 Å². The Bertz CT molecular complexity index is 407. The maximum absolute atomic E-state index is 11.7. The summed E-state index contributed by atoms with van der Waals surface area (Å²) < 4.78 is 9.75. The zero-order valence-corrected chi connectivity index (χ0v) is 13.6. The number of carbonyl (C=O) groups is 3. The van der Waals surface area contributed by atoms with Crippen molar-refractivity contribution < 1.29 is 23.9 Å². The fourth-order valence-corrected chi connectivity index (χ4v) is 1.14. The first-order valence-electron chi connectivity index (χ1n) is 6.88. The Morgan fingerprint density at radius 2 is 1.57 bits per heavy atom. The summed E-state index contributed by atoms with van der Waals surface area (Å²) in [7, 11) is 0. The number of ether oxygens (including phenoxy) is 2. The second-order valence-electron chi connectivity index (χ2n) is 6.07. The molecule has 0 radical (unpaired) electrons. The lowest BCUT2D eigenvalue weighted by Gasteiger charge is -2.21. The lowest BCUT2D eigenvalue weighted by atomic mass is 9.95. The molecule has 0 spiro atoms. The minimum atomic E-state index is -0.660. The zero-order valence-electron chi connectivity index (χ0n) is 13.6. The van der Waals surface area contributed by atoms with Crippen LogP contribution in [0.3, 0.4) is 0 Å². The Morgan fingerprint density at radius 3 is 2.05 bits per heavy atom. The van der Waals surface area contributed by atoms with E-state index >= 15 is 0 Å². The average molecular weight is 299 g/mol. The molecule has 0 aliphatic rings. The molecule has 1 amide bonds. The summed E-state index contributed by atoms with van der Waals surface area (Å²) in [6, 6.07) is -0.309. The van der Waals surface area contributed by atoms with E-state index in [1.54, 1.807) is 41.5 Å². The van der Waals surface area contributed by atoms with Crippen molar-refractivity contribution in [1.82, 2.24) is 5.32 Å². The molecule has 0 aromatic rings. The molecule has 120 valence electrons. The van der Waals surface area contributed by atoms with E-state index < -0.39 is 17.4 Å². The number of amides is 1. The third-order valence-corrected chi connectivity index (χ3v) is 2.24. The Morgan fingerprint density at radius 1 is 1.05 bits per heavy atom. The van der Waals surface area contributed by atoms with Gasteiger partial charge in [-0.05, 0) is 20.8 Å². The van der Waals surface area contributed by atoms with Crippen molar-refractivity contribution in [3.8, 4) is 0 Å². The molecule has 1 unspecified atom stereocenters. The summed E-state index contributed by atoms with van der Waals surface area (Å²) in [5.74, 6) is -1.38. The van der Waals surface area contributed by atoms with Gasteiger partial charge in [-0.3, -0.25) is 4.79 Å². The Labute approximate surface area is 125 Å². The zero-order chi connectivity index (χ0) is 16.6. The lowest BCUT2D eigenvalue weighted by Crippen LogP contribution is -2.42. The minimum Gasteiger partial charge on any atom is -0.460 e. The number of carbonyl (C=O) groups excluding carboxylic acids is 3. The maximum atomic E-state index is 11.7.